The van der Waals surface area contributed by atoms with Crippen molar-refractivity contribution in [3.63, 3.8) is 0 Å². The van der Waals surface area contributed by atoms with Gasteiger partial charge in [-0.15, -0.1) is 0 Å². The topological polar surface area (TPSA) is 78.9 Å². The number of hydrogen-bond donors (Lipinski definition) is 0. The first kappa shape index (κ1) is 20.1. The second kappa shape index (κ2) is 7.27. The van der Waals surface area contributed by atoms with Crippen LogP contribution in [0.3, 0.4) is 0 Å². The summed E-state index contributed by atoms with van der Waals surface area (Å²) >= 11 is 0. The van der Waals surface area contributed by atoms with Crippen molar-refractivity contribution >= 4 is 0 Å². The summed E-state index contributed by atoms with van der Waals surface area (Å²) in [7, 11) is 3.72. The summed E-state index contributed by atoms with van der Waals surface area (Å²) in [6, 6.07) is 8.51. The highest BCUT2D eigenvalue weighted by Gasteiger charge is 2.54. The predicted octanol–water partition coefficient (Wildman–Crippen LogP) is 4.39. The summed E-state index contributed by atoms with van der Waals surface area (Å²) in [6.07, 6.45) is 8.37. The van der Waals surface area contributed by atoms with Gasteiger partial charge in [-0.2, -0.15) is 0 Å². The van der Waals surface area contributed by atoms with Gasteiger partial charge in [0.15, 0.2) is 0 Å². The van der Waals surface area contributed by atoms with Gasteiger partial charge in [0.25, 0.3) is 0 Å². The van der Waals surface area contributed by atoms with Crippen LogP contribution in [0.1, 0.15) is 53.2 Å². The molecule has 0 spiro atoms. The van der Waals surface area contributed by atoms with Gasteiger partial charge in [0.1, 0.15) is 17.3 Å². The van der Waals surface area contributed by atoms with Gasteiger partial charge < -0.3 is 13.8 Å². The Balaban J connectivity index is 1.66. The van der Waals surface area contributed by atoms with E-state index in [0.29, 0.717) is 5.92 Å². The van der Waals surface area contributed by atoms with E-state index in [0.717, 1.165) is 53.7 Å². The molecule has 168 valence electrons. The average molecular weight is 442 g/mol. The molecule has 4 aromatic rings. The Morgan fingerprint density at radius 1 is 1.15 bits per heavy atom. The smallest absolute Gasteiger partial charge is 0.143 e. The first-order valence-corrected chi connectivity index (χ1v) is 11.5. The number of fused-ring (bicyclic) bond motifs is 4. The molecule has 0 aliphatic heterocycles. The molecule has 1 aromatic carbocycles. The van der Waals surface area contributed by atoms with Gasteiger partial charge in [0, 0.05) is 29.5 Å². The van der Waals surface area contributed by atoms with Crippen molar-refractivity contribution in [3.8, 4) is 17.1 Å². The van der Waals surface area contributed by atoms with Crippen LogP contribution in [0.15, 0.2) is 47.5 Å². The summed E-state index contributed by atoms with van der Waals surface area (Å²) in [4.78, 5) is 14.4. The second-order valence-electron chi connectivity index (χ2n) is 9.36. The quantitative estimate of drug-likeness (QED) is 0.469. The number of ether oxygens (including phenoxy) is 1. The molecule has 0 saturated heterocycles. The van der Waals surface area contributed by atoms with Crippen LogP contribution in [0.25, 0.3) is 11.4 Å². The van der Waals surface area contributed by atoms with E-state index in [2.05, 4.69) is 41.3 Å². The maximum absolute atomic E-state index is 5.73. The van der Waals surface area contributed by atoms with Crippen molar-refractivity contribution in [3.05, 3.63) is 77.0 Å². The molecule has 7 nitrogen and oxygen atoms in total. The minimum Gasteiger partial charge on any atom is -0.497 e. The number of imidazole rings is 1. The number of nitrogens with zero attached hydrogens (tertiary/aromatic N) is 5. The first-order chi connectivity index (χ1) is 16.0. The second-order valence-corrected chi connectivity index (χ2v) is 9.36. The van der Waals surface area contributed by atoms with Crippen LogP contribution in [-0.4, -0.2) is 31.8 Å². The number of aromatic nitrogens is 5. The largest absolute Gasteiger partial charge is 0.497 e. The zero-order chi connectivity index (χ0) is 22.7. The third-order valence-corrected chi connectivity index (χ3v) is 7.71. The van der Waals surface area contributed by atoms with E-state index in [4.69, 9.17) is 19.2 Å². The van der Waals surface area contributed by atoms with Crippen LogP contribution in [0.5, 0.6) is 5.75 Å². The third-order valence-electron chi connectivity index (χ3n) is 7.71. The molecule has 0 saturated carbocycles. The van der Waals surface area contributed by atoms with Crippen LogP contribution in [0.2, 0.25) is 0 Å². The fourth-order valence-corrected chi connectivity index (χ4v) is 6.21. The van der Waals surface area contributed by atoms with E-state index in [9.17, 15) is 0 Å². The maximum Gasteiger partial charge on any atom is 0.143 e. The van der Waals surface area contributed by atoms with E-state index in [-0.39, 0.29) is 11.3 Å². The highest BCUT2D eigenvalue weighted by atomic mass is 16.5. The Kier molecular flexibility index (Phi) is 4.44. The summed E-state index contributed by atoms with van der Waals surface area (Å²) in [6.45, 7) is 4.26. The maximum atomic E-state index is 5.73. The van der Waals surface area contributed by atoms with Crippen molar-refractivity contribution in [1.29, 1.82) is 0 Å². The van der Waals surface area contributed by atoms with E-state index < -0.39 is 0 Å². The van der Waals surface area contributed by atoms with Crippen LogP contribution in [0.4, 0.5) is 0 Å². The summed E-state index contributed by atoms with van der Waals surface area (Å²) < 4.78 is 13.2. The zero-order valence-corrected chi connectivity index (χ0v) is 19.4. The minimum atomic E-state index is -0.293. The molecule has 3 atom stereocenters. The number of aryl methyl sites for hydroxylation is 2. The Hall–Kier alpha value is -3.48. The lowest BCUT2D eigenvalue weighted by Crippen LogP contribution is -2.48. The Morgan fingerprint density at radius 3 is 2.70 bits per heavy atom. The Morgan fingerprint density at radius 2 is 1.97 bits per heavy atom. The Labute approximate surface area is 192 Å². The lowest BCUT2D eigenvalue weighted by atomic mass is 9.53. The highest BCUT2D eigenvalue weighted by molar-refractivity contribution is 5.63. The molecule has 2 aliphatic rings. The predicted molar refractivity (Wildman–Crippen MR) is 123 cm³/mol. The van der Waals surface area contributed by atoms with Crippen molar-refractivity contribution in [2.75, 3.05) is 7.11 Å². The lowest BCUT2D eigenvalue weighted by molar-refractivity contribution is 0.188. The SMILES string of the molecule is COc1ccc([C@]23Cc4cnoc4[C@@H](C)[C@@H]2CCc2c(-c4cncn4C)nc(C)nc23)cc1. The molecule has 0 amide bonds. The molecule has 3 aromatic heterocycles. The number of rotatable bonds is 3. The van der Waals surface area contributed by atoms with E-state index >= 15 is 0 Å². The van der Waals surface area contributed by atoms with Crippen molar-refractivity contribution in [2.24, 2.45) is 13.0 Å². The molecular weight excluding hydrogens is 414 g/mol. The molecule has 33 heavy (non-hydrogen) atoms. The highest BCUT2D eigenvalue weighted by Crippen LogP contribution is 2.57. The van der Waals surface area contributed by atoms with E-state index in [1.165, 1.54) is 16.7 Å². The summed E-state index contributed by atoms with van der Waals surface area (Å²) in [5, 5.41) is 4.17. The minimum absolute atomic E-state index is 0.238. The summed E-state index contributed by atoms with van der Waals surface area (Å²) in [5.74, 6) is 3.23. The molecule has 0 radical (unpaired) electrons. The number of hydrogen-bond acceptors (Lipinski definition) is 6. The van der Waals surface area contributed by atoms with Crippen molar-refractivity contribution in [2.45, 2.75) is 44.4 Å². The van der Waals surface area contributed by atoms with Crippen molar-refractivity contribution < 1.29 is 9.26 Å². The Bertz CT molecular complexity index is 1340. The number of methoxy groups -OCH3 is 1. The lowest BCUT2D eigenvalue weighted by Gasteiger charge is -2.50. The number of benzene rings is 1. The first-order valence-electron chi connectivity index (χ1n) is 11.5. The van der Waals surface area contributed by atoms with Crippen molar-refractivity contribution in [1.82, 2.24) is 24.7 Å². The van der Waals surface area contributed by atoms with Crippen LogP contribution in [-0.2, 0) is 25.3 Å². The van der Waals surface area contributed by atoms with Gasteiger partial charge in [-0.25, -0.2) is 15.0 Å². The van der Waals surface area contributed by atoms with Gasteiger partial charge in [0.05, 0.1) is 42.9 Å². The molecule has 2 aliphatic carbocycles. The van der Waals surface area contributed by atoms with Gasteiger partial charge in [-0.1, -0.05) is 24.2 Å². The van der Waals surface area contributed by atoms with Crippen LogP contribution >= 0.6 is 0 Å². The van der Waals surface area contributed by atoms with E-state index in [1.807, 2.05) is 37.3 Å². The van der Waals surface area contributed by atoms with Crippen LogP contribution < -0.4 is 4.74 Å². The molecule has 3 heterocycles. The van der Waals surface area contributed by atoms with E-state index in [1.54, 1.807) is 7.11 Å². The van der Waals surface area contributed by atoms with Gasteiger partial charge in [-0.3, -0.25) is 0 Å². The molecule has 7 heteroatoms. The average Bonchev–Trinajstić information content (AvgIpc) is 3.47. The third kappa shape index (κ3) is 2.81. The van der Waals surface area contributed by atoms with Gasteiger partial charge in [-0.05, 0) is 49.8 Å². The normalized spacial score (nSPS) is 23.5. The van der Waals surface area contributed by atoms with Gasteiger partial charge >= 0.3 is 0 Å². The summed E-state index contributed by atoms with van der Waals surface area (Å²) in [5.41, 5.74) is 6.50. The molecule has 0 unspecified atom stereocenters. The fourth-order valence-electron chi connectivity index (χ4n) is 6.21. The molecular formula is C26H27N5O2. The molecule has 0 N–H and O–H groups in total. The standard InChI is InChI=1S/C26H27N5O2/c1-15-21-10-9-20-23(22-13-27-14-31(22)3)29-16(2)30-25(20)26(21,11-17-12-28-33-24(15)17)18-5-7-19(32-4)8-6-18/h5-8,12-15,21H,9-11H2,1-4H3/t15-,21-,26+/m0/s1. The zero-order valence-electron chi connectivity index (χ0n) is 19.4. The molecule has 0 bridgehead atoms. The molecule has 6 rings (SSSR count). The fraction of sp³-hybridized carbons (Fsp3) is 0.385. The monoisotopic (exact) mass is 441 g/mol. The molecule has 0 fully saturated rings. The van der Waals surface area contributed by atoms with Gasteiger partial charge in [0.2, 0.25) is 0 Å². The van der Waals surface area contributed by atoms with Crippen LogP contribution in [0, 0.1) is 12.8 Å².